The molecule has 0 saturated carbocycles. The number of hydrogen-bond acceptors (Lipinski definition) is 3. The maximum Gasteiger partial charge on any atom is 0.238 e. The second-order valence-corrected chi connectivity index (χ2v) is 5.97. The summed E-state index contributed by atoms with van der Waals surface area (Å²) in [5, 5.41) is 3.27. The Labute approximate surface area is 122 Å². The van der Waals surface area contributed by atoms with E-state index in [0.717, 1.165) is 13.0 Å². The Hall–Kier alpha value is -1.39. The molecule has 0 aromatic heterocycles. The van der Waals surface area contributed by atoms with Crippen LogP contribution in [-0.4, -0.2) is 42.5 Å². The zero-order valence-electron chi connectivity index (χ0n) is 13.0. The summed E-state index contributed by atoms with van der Waals surface area (Å²) in [4.78, 5) is 13.8. The lowest BCUT2D eigenvalue weighted by Gasteiger charge is -2.33. The van der Waals surface area contributed by atoms with Crippen molar-refractivity contribution in [3.63, 3.8) is 0 Å². The highest BCUT2D eigenvalue weighted by Gasteiger charge is 2.32. The Morgan fingerprint density at radius 2 is 1.95 bits per heavy atom. The zero-order chi connectivity index (χ0) is 15.2. The van der Waals surface area contributed by atoms with Crippen molar-refractivity contribution in [1.82, 2.24) is 10.2 Å². The molecule has 0 spiro atoms. The molecular weight excluding hydrogens is 250 g/mol. The van der Waals surface area contributed by atoms with Crippen molar-refractivity contribution >= 4 is 5.91 Å². The van der Waals surface area contributed by atoms with Crippen LogP contribution in [0.2, 0.25) is 0 Å². The van der Waals surface area contributed by atoms with Gasteiger partial charge in [-0.05, 0) is 39.8 Å². The third kappa shape index (κ3) is 5.31. The summed E-state index contributed by atoms with van der Waals surface area (Å²) in [5.74, 6) is -0.308. The summed E-state index contributed by atoms with van der Waals surface area (Å²) in [5.41, 5.74) is 6.15. The first-order chi connectivity index (χ1) is 9.33. The van der Waals surface area contributed by atoms with Crippen molar-refractivity contribution in [3.8, 4) is 0 Å². The fourth-order valence-corrected chi connectivity index (χ4v) is 2.42. The summed E-state index contributed by atoms with van der Waals surface area (Å²) in [6, 6.07) is 10.6. The van der Waals surface area contributed by atoms with Gasteiger partial charge in [0.15, 0.2) is 0 Å². The third-order valence-electron chi connectivity index (χ3n) is 3.36. The van der Waals surface area contributed by atoms with Crippen molar-refractivity contribution in [2.75, 3.05) is 20.1 Å². The molecule has 4 heteroatoms. The van der Waals surface area contributed by atoms with E-state index in [1.165, 1.54) is 5.56 Å². The highest BCUT2D eigenvalue weighted by atomic mass is 16.1. The lowest BCUT2D eigenvalue weighted by Crippen LogP contribution is -2.61. The number of nitrogens with two attached hydrogens (primary N) is 1. The van der Waals surface area contributed by atoms with Gasteiger partial charge in [-0.25, -0.2) is 0 Å². The van der Waals surface area contributed by atoms with Crippen molar-refractivity contribution in [3.05, 3.63) is 35.9 Å². The fraction of sp³-hybridized carbons (Fsp3) is 0.562. The van der Waals surface area contributed by atoms with Gasteiger partial charge in [0.2, 0.25) is 5.91 Å². The molecule has 0 aliphatic heterocycles. The van der Waals surface area contributed by atoms with Gasteiger partial charge in [0, 0.05) is 19.1 Å². The Bertz CT molecular complexity index is 419. The minimum Gasteiger partial charge on any atom is -0.368 e. The van der Waals surface area contributed by atoms with Crippen LogP contribution < -0.4 is 11.1 Å². The molecule has 0 saturated heterocycles. The standard InChI is InChI=1S/C16H27N3O/c1-13(2)18-16(3,15(17)20)12-19(4)11-10-14-8-6-5-7-9-14/h5-9,13,18H,10-12H2,1-4H3,(H2,17,20). The molecule has 20 heavy (non-hydrogen) atoms. The Kier molecular flexibility index (Phi) is 6.17. The fourth-order valence-electron chi connectivity index (χ4n) is 2.42. The molecule has 0 fully saturated rings. The van der Waals surface area contributed by atoms with Gasteiger partial charge in [-0.2, -0.15) is 0 Å². The molecule has 0 aliphatic rings. The first kappa shape index (κ1) is 16.7. The highest BCUT2D eigenvalue weighted by molar-refractivity contribution is 5.84. The van der Waals surface area contributed by atoms with Gasteiger partial charge in [0.25, 0.3) is 0 Å². The van der Waals surface area contributed by atoms with Gasteiger partial charge in [0.1, 0.15) is 5.54 Å². The van der Waals surface area contributed by atoms with Crippen LogP contribution in [-0.2, 0) is 11.2 Å². The molecule has 1 atom stereocenters. The molecule has 1 aromatic carbocycles. The van der Waals surface area contributed by atoms with Gasteiger partial charge in [-0.15, -0.1) is 0 Å². The van der Waals surface area contributed by atoms with E-state index in [9.17, 15) is 4.79 Å². The van der Waals surface area contributed by atoms with E-state index in [0.29, 0.717) is 6.54 Å². The summed E-state index contributed by atoms with van der Waals surface area (Å²) >= 11 is 0. The average Bonchev–Trinajstić information content (AvgIpc) is 2.36. The van der Waals surface area contributed by atoms with Gasteiger partial charge >= 0.3 is 0 Å². The first-order valence-corrected chi connectivity index (χ1v) is 7.13. The van der Waals surface area contributed by atoms with E-state index in [-0.39, 0.29) is 11.9 Å². The lowest BCUT2D eigenvalue weighted by atomic mass is 9.99. The molecule has 0 bridgehead atoms. The second-order valence-electron chi connectivity index (χ2n) is 5.97. The molecule has 1 amide bonds. The van der Waals surface area contributed by atoms with Crippen LogP contribution in [0.4, 0.5) is 0 Å². The number of benzene rings is 1. The molecule has 0 radical (unpaired) electrons. The van der Waals surface area contributed by atoms with Crippen LogP contribution in [0.25, 0.3) is 0 Å². The number of rotatable bonds is 8. The number of amides is 1. The largest absolute Gasteiger partial charge is 0.368 e. The van der Waals surface area contributed by atoms with Crippen molar-refractivity contribution < 1.29 is 4.79 Å². The molecule has 1 rings (SSSR count). The molecule has 1 aromatic rings. The monoisotopic (exact) mass is 277 g/mol. The highest BCUT2D eigenvalue weighted by Crippen LogP contribution is 2.08. The summed E-state index contributed by atoms with van der Waals surface area (Å²) in [6.07, 6.45) is 0.966. The van der Waals surface area contributed by atoms with Crippen LogP contribution in [0.3, 0.4) is 0 Å². The lowest BCUT2D eigenvalue weighted by molar-refractivity contribution is -0.124. The van der Waals surface area contributed by atoms with E-state index in [4.69, 9.17) is 5.73 Å². The van der Waals surface area contributed by atoms with Crippen LogP contribution in [0.5, 0.6) is 0 Å². The quantitative estimate of drug-likeness (QED) is 0.755. The van der Waals surface area contributed by atoms with Gasteiger partial charge in [0.05, 0.1) is 0 Å². The normalized spacial score (nSPS) is 14.5. The number of carbonyl (C=O) groups is 1. The summed E-state index contributed by atoms with van der Waals surface area (Å²) in [6.45, 7) is 7.41. The second kappa shape index (κ2) is 7.41. The van der Waals surface area contributed by atoms with Crippen LogP contribution in [0, 0.1) is 0 Å². The Balaban J connectivity index is 2.54. The molecule has 4 nitrogen and oxygen atoms in total. The number of nitrogens with one attached hydrogen (secondary N) is 1. The average molecular weight is 277 g/mol. The minimum absolute atomic E-state index is 0.218. The molecule has 0 heterocycles. The van der Waals surface area contributed by atoms with Crippen LogP contribution >= 0.6 is 0 Å². The molecular formula is C16H27N3O. The number of nitrogens with zero attached hydrogens (tertiary/aromatic N) is 1. The molecule has 3 N–H and O–H groups in total. The van der Waals surface area contributed by atoms with Crippen LogP contribution in [0.15, 0.2) is 30.3 Å². The van der Waals surface area contributed by atoms with Gasteiger partial charge in [-0.1, -0.05) is 30.3 Å². The van der Waals surface area contributed by atoms with E-state index < -0.39 is 5.54 Å². The molecule has 112 valence electrons. The number of likely N-dealkylation sites (N-methyl/N-ethyl adjacent to an activating group) is 1. The van der Waals surface area contributed by atoms with E-state index in [1.54, 1.807) is 0 Å². The molecule has 0 aliphatic carbocycles. The molecule has 1 unspecified atom stereocenters. The van der Waals surface area contributed by atoms with E-state index >= 15 is 0 Å². The Morgan fingerprint density at radius 3 is 2.45 bits per heavy atom. The number of carbonyl (C=O) groups excluding carboxylic acids is 1. The third-order valence-corrected chi connectivity index (χ3v) is 3.36. The van der Waals surface area contributed by atoms with E-state index in [1.807, 2.05) is 46.0 Å². The smallest absolute Gasteiger partial charge is 0.238 e. The predicted octanol–water partition coefficient (Wildman–Crippen LogP) is 1.40. The van der Waals surface area contributed by atoms with Gasteiger partial charge in [-0.3, -0.25) is 4.79 Å². The maximum absolute atomic E-state index is 11.7. The first-order valence-electron chi connectivity index (χ1n) is 7.13. The van der Waals surface area contributed by atoms with Crippen molar-refractivity contribution in [2.45, 2.75) is 38.8 Å². The number of primary amides is 1. The minimum atomic E-state index is -0.695. The van der Waals surface area contributed by atoms with Crippen molar-refractivity contribution in [1.29, 1.82) is 0 Å². The Morgan fingerprint density at radius 1 is 1.35 bits per heavy atom. The predicted molar refractivity (Wildman–Crippen MR) is 83.5 cm³/mol. The summed E-state index contributed by atoms with van der Waals surface area (Å²) in [7, 11) is 2.02. The topological polar surface area (TPSA) is 58.4 Å². The maximum atomic E-state index is 11.7. The van der Waals surface area contributed by atoms with E-state index in [2.05, 4.69) is 22.3 Å². The van der Waals surface area contributed by atoms with Crippen LogP contribution in [0.1, 0.15) is 26.3 Å². The van der Waals surface area contributed by atoms with Gasteiger partial charge < -0.3 is 16.0 Å². The SMILES string of the molecule is CC(C)NC(C)(CN(C)CCc1ccccc1)C(N)=O. The zero-order valence-corrected chi connectivity index (χ0v) is 13.0. The van der Waals surface area contributed by atoms with Crippen molar-refractivity contribution in [2.24, 2.45) is 5.73 Å². The number of hydrogen-bond donors (Lipinski definition) is 2. The summed E-state index contributed by atoms with van der Waals surface area (Å²) < 4.78 is 0.